The summed E-state index contributed by atoms with van der Waals surface area (Å²) in [7, 11) is 0. The average Bonchev–Trinajstić information content (AvgIpc) is 3.41. The third-order valence-corrected chi connectivity index (χ3v) is 12.6. The predicted octanol–water partition coefficient (Wildman–Crippen LogP) is 17.1. The number of hydrogen-bond acceptors (Lipinski definition) is 2. The van der Waals surface area contributed by atoms with E-state index >= 15 is 0 Å². The summed E-state index contributed by atoms with van der Waals surface area (Å²) >= 11 is 0. The van der Waals surface area contributed by atoms with Crippen LogP contribution in [-0.2, 0) is 0 Å². The zero-order valence-electron chi connectivity index (χ0n) is 36.5. The van der Waals surface area contributed by atoms with Gasteiger partial charge in [0.2, 0.25) is 0 Å². The van der Waals surface area contributed by atoms with Gasteiger partial charge in [0.05, 0.1) is 22.8 Å². The lowest BCUT2D eigenvalue weighted by Gasteiger charge is -2.26. The second-order valence-corrected chi connectivity index (χ2v) is 16.7. The number of pyridine rings is 2. The van der Waals surface area contributed by atoms with Crippen molar-refractivity contribution < 1.29 is 0 Å². The highest BCUT2D eigenvalue weighted by molar-refractivity contribution is 6.06. The topological polar surface area (TPSA) is 25.8 Å². The minimum Gasteiger partial charge on any atom is -0.251 e. The van der Waals surface area contributed by atoms with Crippen molar-refractivity contribution in [2.24, 2.45) is 0 Å². The summed E-state index contributed by atoms with van der Waals surface area (Å²) in [5.41, 5.74) is 20.6. The number of aromatic nitrogens is 2. The lowest BCUT2D eigenvalue weighted by Crippen LogP contribution is -2.08. The monoisotopic (exact) mass is 842 g/mol. The molecule has 0 N–H and O–H groups in total. The molecule has 0 saturated heterocycles. The minimum absolute atomic E-state index is 0.0991. The smallest absolute Gasteiger partial charge is 0.0794 e. The highest BCUT2D eigenvalue weighted by atomic mass is 14.7. The summed E-state index contributed by atoms with van der Waals surface area (Å²) in [4.78, 5) is 11.4. The molecule has 8 aromatic carbocycles. The van der Waals surface area contributed by atoms with Gasteiger partial charge in [-0.05, 0) is 39.8 Å². The molecule has 0 amide bonds. The molecule has 11 rings (SSSR count). The van der Waals surface area contributed by atoms with Crippen LogP contribution in [0.25, 0.3) is 101 Å². The van der Waals surface area contributed by atoms with Gasteiger partial charge in [-0.25, -0.2) is 4.98 Å². The van der Waals surface area contributed by atoms with Crippen LogP contribution in [0.2, 0.25) is 0 Å². The molecule has 1 aliphatic carbocycles. The first-order valence-electron chi connectivity index (χ1n) is 22.8. The molecule has 10 aromatic rings. The van der Waals surface area contributed by atoms with E-state index in [1.54, 1.807) is 0 Å². The Labute approximate surface area is 387 Å². The summed E-state index contributed by atoms with van der Waals surface area (Å²) < 4.78 is 0. The third kappa shape index (κ3) is 7.80. The quantitative estimate of drug-likeness (QED) is 0.137. The highest BCUT2D eigenvalue weighted by Gasteiger charge is 2.29. The van der Waals surface area contributed by atoms with Gasteiger partial charge in [-0.3, -0.25) is 4.98 Å². The first-order chi connectivity index (χ1) is 32.8. The molecular formula is C64H46N2. The van der Waals surface area contributed by atoms with E-state index in [0.717, 1.165) is 107 Å². The molecule has 1 atom stereocenters. The largest absolute Gasteiger partial charge is 0.251 e. The average molecular weight is 843 g/mol. The van der Waals surface area contributed by atoms with Gasteiger partial charge in [-0.1, -0.05) is 261 Å². The van der Waals surface area contributed by atoms with E-state index in [0.29, 0.717) is 0 Å². The van der Waals surface area contributed by atoms with E-state index < -0.39 is 0 Å². The van der Waals surface area contributed by atoms with Gasteiger partial charge >= 0.3 is 0 Å². The Morgan fingerprint density at radius 2 is 0.545 bits per heavy atom. The SMILES string of the molecule is C1=CCC(c2nc(-c3ccccc3)c(-c3ccccc3)c(-c3ccc(-c4c(-c5ccccc5)c(-c5ccccc5)nc(-c5ccccc5)c4-c4ccccc4)cc3)c2-c2ccccc2)C=C1. The maximum atomic E-state index is 5.75. The molecule has 2 aromatic heterocycles. The Hall–Kier alpha value is -8.46. The Balaban J connectivity index is 1.25. The lowest BCUT2D eigenvalue weighted by molar-refractivity contribution is 0.820. The maximum absolute atomic E-state index is 5.75. The molecule has 0 saturated carbocycles. The summed E-state index contributed by atoms with van der Waals surface area (Å²) in [6.07, 6.45) is 9.77. The molecule has 0 aliphatic heterocycles. The highest BCUT2D eigenvalue weighted by Crippen LogP contribution is 2.51. The Morgan fingerprint density at radius 3 is 0.879 bits per heavy atom. The summed E-state index contributed by atoms with van der Waals surface area (Å²) in [5, 5.41) is 0. The van der Waals surface area contributed by atoms with Crippen molar-refractivity contribution in [1.29, 1.82) is 0 Å². The molecule has 66 heavy (non-hydrogen) atoms. The van der Waals surface area contributed by atoms with Crippen LogP contribution in [0.4, 0.5) is 0 Å². The Morgan fingerprint density at radius 1 is 0.258 bits per heavy atom. The lowest BCUT2D eigenvalue weighted by atomic mass is 9.80. The molecular weight excluding hydrogens is 797 g/mol. The predicted molar refractivity (Wildman–Crippen MR) is 277 cm³/mol. The van der Waals surface area contributed by atoms with Crippen LogP contribution in [0.15, 0.2) is 261 Å². The number of allylic oxidation sites excluding steroid dienone is 4. The van der Waals surface area contributed by atoms with Crippen molar-refractivity contribution in [3.63, 3.8) is 0 Å². The zero-order valence-corrected chi connectivity index (χ0v) is 36.5. The van der Waals surface area contributed by atoms with Crippen LogP contribution >= 0.6 is 0 Å². The third-order valence-electron chi connectivity index (χ3n) is 12.6. The van der Waals surface area contributed by atoms with Crippen LogP contribution < -0.4 is 0 Å². The van der Waals surface area contributed by atoms with Gasteiger partial charge < -0.3 is 0 Å². The van der Waals surface area contributed by atoms with E-state index in [1.807, 2.05) is 0 Å². The molecule has 0 bridgehead atoms. The van der Waals surface area contributed by atoms with Gasteiger partial charge in [-0.15, -0.1) is 0 Å². The van der Waals surface area contributed by atoms with Crippen molar-refractivity contribution in [3.05, 3.63) is 267 Å². The number of hydrogen-bond donors (Lipinski definition) is 0. The van der Waals surface area contributed by atoms with Gasteiger partial charge in [0.25, 0.3) is 0 Å². The van der Waals surface area contributed by atoms with Gasteiger partial charge in [0.1, 0.15) is 0 Å². The molecule has 2 heterocycles. The Kier molecular flexibility index (Phi) is 11.2. The molecule has 1 aliphatic rings. The van der Waals surface area contributed by atoms with Crippen molar-refractivity contribution in [2.45, 2.75) is 12.3 Å². The van der Waals surface area contributed by atoms with Crippen LogP contribution in [0.3, 0.4) is 0 Å². The van der Waals surface area contributed by atoms with Crippen molar-refractivity contribution in [2.75, 3.05) is 0 Å². The van der Waals surface area contributed by atoms with E-state index in [-0.39, 0.29) is 5.92 Å². The maximum Gasteiger partial charge on any atom is 0.0794 e. The fourth-order valence-electron chi connectivity index (χ4n) is 9.59. The number of rotatable bonds is 10. The van der Waals surface area contributed by atoms with Crippen molar-refractivity contribution in [1.82, 2.24) is 9.97 Å². The summed E-state index contributed by atoms with van der Waals surface area (Å²) in [5.74, 6) is 0.0991. The first-order valence-corrected chi connectivity index (χ1v) is 22.8. The zero-order chi connectivity index (χ0) is 44.1. The molecule has 0 spiro atoms. The number of benzene rings is 8. The molecule has 2 nitrogen and oxygen atoms in total. The summed E-state index contributed by atoms with van der Waals surface area (Å²) in [6.45, 7) is 0. The van der Waals surface area contributed by atoms with E-state index in [4.69, 9.17) is 9.97 Å². The van der Waals surface area contributed by atoms with Crippen LogP contribution in [0.1, 0.15) is 18.0 Å². The van der Waals surface area contributed by atoms with Crippen molar-refractivity contribution >= 4 is 0 Å². The fourth-order valence-corrected chi connectivity index (χ4v) is 9.59. The second kappa shape index (κ2) is 18.3. The molecule has 0 fully saturated rings. The van der Waals surface area contributed by atoms with Gasteiger partial charge in [-0.2, -0.15) is 0 Å². The van der Waals surface area contributed by atoms with E-state index in [2.05, 4.69) is 261 Å². The molecule has 1 unspecified atom stereocenters. The van der Waals surface area contributed by atoms with Crippen LogP contribution in [0.5, 0.6) is 0 Å². The van der Waals surface area contributed by atoms with E-state index in [1.165, 1.54) is 5.56 Å². The first kappa shape index (κ1) is 40.3. The molecule has 312 valence electrons. The standard InChI is InChI=1S/C64H46N2/c1-9-25-45(26-10-1)57-55(58(46-27-11-2-12-28-46)62(52-35-19-6-20-36-52)65-61(57)51-33-17-5-18-34-51)49-41-43-50(44-42-49)56-59(47-29-13-3-14-30-47)63(53-37-21-7-22-38-53)66-64(54-39-23-8-24-40-54)60(56)48-31-15-4-16-32-48/h1-39,41-44,54H,40H2. The minimum atomic E-state index is 0.0991. The van der Waals surface area contributed by atoms with Crippen LogP contribution in [-0.4, -0.2) is 9.97 Å². The van der Waals surface area contributed by atoms with Crippen LogP contribution in [0, 0.1) is 0 Å². The van der Waals surface area contributed by atoms with Gasteiger partial charge in [0.15, 0.2) is 0 Å². The van der Waals surface area contributed by atoms with E-state index in [9.17, 15) is 0 Å². The van der Waals surface area contributed by atoms with Crippen molar-refractivity contribution in [3.8, 4) is 101 Å². The van der Waals surface area contributed by atoms with Gasteiger partial charge in [0, 0.05) is 56.0 Å². The Bertz CT molecular complexity index is 3210. The number of nitrogens with zero attached hydrogens (tertiary/aromatic N) is 2. The second-order valence-electron chi connectivity index (χ2n) is 16.7. The molecule has 2 heteroatoms. The fraction of sp³-hybridized carbons (Fsp3) is 0.0312. The summed E-state index contributed by atoms with van der Waals surface area (Å²) in [6, 6.07) is 84.6. The normalized spacial score (nSPS) is 13.1. The molecule has 0 radical (unpaired) electrons.